The van der Waals surface area contributed by atoms with E-state index in [1.54, 1.807) is 0 Å². The van der Waals surface area contributed by atoms with Crippen molar-refractivity contribution in [3.63, 3.8) is 0 Å². The predicted molar refractivity (Wildman–Crippen MR) is 91.7 cm³/mol. The van der Waals surface area contributed by atoms with Crippen LogP contribution in [-0.4, -0.2) is 41.9 Å². The SMILES string of the molecule is Cc1ccsc1C(=O)N1CCN(Cc2cccc(Cl)c2)CC1. The molecule has 1 aliphatic rings. The van der Waals surface area contributed by atoms with Gasteiger partial charge in [-0.25, -0.2) is 0 Å². The molecule has 22 heavy (non-hydrogen) atoms. The molecule has 3 nitrogen and oxygen atoms in total. The summed E-state index contributed by atoms with van der Waals surface area (Å²) in [6.07, 6.45) is 0. The number of carbonyl (C=O) groups is 1. The lowest BCUT2D eigenvalue weighted by Gasteiger charge is -2.34. The second-order valence-electron chi connectivity index (χ2n) is 5.63. The number of carbonyl (C=O) groups excluding carboxylic acids is 1. The van der Waals surface area contributed by atoms with Gasteiger partial charge in [0.05, 0.1) is 4.88 Å². The highest BCUT2D eigenvalue weighted by Gasteiger charge is 2.23. The number of thiophene rings is 1. The van der Waals surface area contributed by atoms with E-state index >= 15 is 0 Å². The molecule has 1 aliphatic heterocycles. The van der Waals surface area contributed by atoms with E-state index in [4.69, 9.17) is 11.6 Å². The van der Waals surface area contributed by atoms with Crippen LogP contribution in [0, 0.1) is 6.92 Å². The number of aryl methyl sites for hydroxylation is 1. The Bertz CT molecular complexity index is 662. The van der Waals surface area contributed by atoms with E-state index in [0.717, 1.165) is 48.2 Å². The van der Waals surface area contributed by atoms with Crippen molar-refractivity contribution in [2.24, 2.45) is 0 Å². The first-order chi connectivity index (χ1) is 10.6. The maximum Gasteiger partial charge on any atom is 0.264 e. The molecule has 2 heterocycles. The highest BCUT2D eigenvalue weighted by Crippen LogP contribution is 2.19. The molecule has 1 aromatic heterocycles. The van der Waals surface area contributed by atoms with Crippen LogP contribution in [-0.2, 0) is 6.54 Å². The fraction of sp³-hybridized carbons (Fsp3) is 0.353. The molecule has 2 aromatic rings. The number of hydrogen-bond acceptors (Lipinski definition) is 3. The van der Waals surface area contributed by atoms with Crippen molar-refractivity contribution in [1.82, 2.24) is 9.80 Å². The number of rotatable bonds is 3. The third-order valence-electron chi connectivity index (χ3n) is 4.01. The maximum absolute atomic E-state index is 12.5. The van der Waals surface area contributed by atoms with Gasteiger partial charge in [-0.15, -0.1) is 11.3 Å². The van der Waals surface area contributed by atoms with Crippen molar-refractivity contribution in [2.75, 3.05) is 26.2 Å². The van der Waals surface area contributed by atoms with E-state index in [-0.39, 0.29) is 5.91 Å². The van der Waals surface area contributed by atoms with Gasteiger partial charge >= 0.3 is 0 Å². The van der Waals surface area contributed by atoms with Crippen LogP contribution in [0.25, 0.3) is 0 Å². The molecule has 0 radical (unpaired) electrons. The first-order valence-corrected chi connectivity index (χ1v) is 8.69. The van der Waals surface area contributed by atoms with Crippen LogP contribution in [0.4, 0.5) is 0 Å². The van der Waals surface area contributed by atoms with Crippen molar-refractivity contribution < 1.29 is 4.79 Å². The standard InChI is InChI=1S/C17H19ClN2OS/c1-13-5-10-22-16(13)17(21)20-8-6-19(7-9-20)12-14-3-2-4-15(18)11-14/h2-5,10-11H,6-9,12H2,1H3. The van der Waals surface area contributed by atoms with Crippen molar-refractivity contribution >= 4 is 28.8 Å². The fourth-order valence-electron chi connectivity index (χ4n) is 2.74. The number of amides is 1. The summed E-state index contributed by atoms with van der Waals surface area (Å²) in [5.41, 5.74) is 2.30. The Morgan fingerprint density at radius 3 is 2.64 bits per heavy atom. The Morgan fingerprint density at radius 2 is 2.00 bits per heavy atom. The molecular weight excluding hydrogens is 316 g/mol. The zero-order valence-corrected chi connectivity index (χ0v) is 14.2. The molecule has 0 atom stereocenters. The largest absolute Gasteiger partial charge is 0.335 e. The van der Waals surface area contributed by atoms with E-state index in [0.29, 0.717) is 0 Å². The summed E-state index contributed by atoms with van der Waals surface area (Å²) in [5.74, 6) is 0.176. The molecule has 1 aromatic carbocycles. The van der Waals surface area contributed by atoms with Crippen molar-refractivity contribution in [3.05, 3.63) is 56.7 Å². The molecule has 0 spiro atoms. The lowest BCUT2D eigenvalue weighted by atomic mass is 10.2. The van der Waals surface area contributed by atoms with Crippen LogP contribution in [0.5, 0.6) is 0 Å². The van der Waals surface area contributed by atoms with E-state index < -0.39 is 0 Å². The van der Waals surface area contributed by atoms with E-state index in [9.17, 15) is 4.79 Å². The van der Waals surface area contributed by atoms with Gasteiger partial charge in [-0.2, -0.15) is 0 Å². The van der Waals surface area contributed by atoms with Crippen LogP contribution in [0.15, 0.2) is 35.7 Å². The number of halogens is 1. The minimum absolute atomic E-state index is 0.176. The zero-order valence-electron chi connectivity index (χ0n) is 12.6. The second-order valence-corrected chi connectivity index (χ2v) is 6.98. The second kappa shape index (κ2) is 6.82. The summed E-state index contributed by atoms with van der Waals surface area (Å²) in [5, 5.41) is 2.76. The van der Waals surface area contributed by atoms with Crippen molar-refractivity contribution in [1.29, 1.82) is 0 Å². The van der Waals surface area contributed by atoms with Crippen LogP contribution < -0.4 is 0 Å². The van der Waals surface area contributed by atoms with Gasteiger partial charge in [0.1, 0.15) is 0 Å². The molecule has 0 saturated carbocycles. The molecule has 0 N–H and O–H groups in total. The minimum atomic E-state index is 0.176. The van der Waals surface area contributed by atoms with Crippen molar-refractivity contribution in [2.45, 2.75) is 13.5 Å². The van der Waals surface area contributed by atoms with Gasteiger partial charge in [0.2, 0.25) is 0 Å². The van der Waals surface area contributed by atoms with E-state index in [1.165, 1.54) is 16.9 Å². The lowest BCUT2D eigenvalue weighted by Crippen LogP contribution is -2.48. The van der Waals surface area contributed by atoms with Gasteiger partial charge in [-0.05, 0) is 41.6 Å². The van der Waals surface area contributed by atoms with E-state index in [2.05, 4.69) is 11.0 Å². The molecule has 1 saturated heterocycles. The first kappa shape index (κ1) is 15.5. The monoisotopic (exact) mass is 334 g/mol. The summed E-state index contributed by atoms with van der Waals surface area (Å²) in [7, 11) is 0. The molecule has 5 heteroatoms. The molecule has 0 aliphatic carbocycles. The first-order valence-electron chi connectivity index (χ1n) is 7.43. The van der Waals surface area contributed by atoms with E-state index in [1.807, 2.05) is 41.5 Å². The molecule has 0 unspecified atom stereocenters. The summed E-state index contributed by atoms with van der Waals surface area (Å²) in [4.78, 5) is 17.7. The predicted octanol–water partition coefficient (Wildman–Crippen LogP) is 3.67. The number of nitrogens with zero attached hydrogens (tertiary/aromatic N) is 2. The Kier molecular flexibility index (Phi) is 4.81. The topological polar surface area (TPSA) is 23.6 Å². The van der Waals surface area contributed by atoms with Gasteiger partial charge in [-0.1, -0.05) is 23.7 Å². The minimum Gasteiger partial charge on any atom is -0.335 e. The zero-order chi connectivity index (χ0) is 15.5. The third kappa shape index (κ3) is 3.51. The summed E-state index contributed by atoms with van der Waals surface area (Å²) in [6.45, 7) is 6.28. The van der Waals surface area contributed by atoms with Crippen molar-refractivity contribution in [3.8, 4) is 0 Å². The molecule has 1 fully saturated rings. The Morgan fingerprint density at radius 1 is 1.23 bits per heavy atom. The Hall–Kier alpha value is -1.36. The molecular formula is C17H19ClN2OS. The van der Waals surface area contributed by atoms with Gasteiger partial charge in [0, 0.05) is 37.7 Å². The van der Waals surface area contributed by atoms with Crippen LogP contribution in [0.2, 0.25) is 5.02 Å². The summed E-state index contributed by atoms with van der Waals surface area (Å²) < 4.78 is 0. The molecule has 3 rings (SSSR count). The highest BCUT2D eigenvalue weighted by molar-refractivity contribution is 7.12. The average Bonchev–Trinajstić information content (AvgIpc) is 2.93. The van der Waals surface area contributed by atoms with Crippen LogP contribution in [0.1, 0.15) is 20.8 Å². The van der Waals surface area contributed by atoms with Gasteiger partial charge in [0.15, 0.2) is 0 Å². The average molecular weight is 335 g/mol. The smallest absolute Gasteiger partial charge is 0.264 e. The fourth-order valence-corrected chi connectivity index (χ4v) is 3.84. The van der Waals surface area contributed by atoms with Gasteiger partial charge < -0.3 is 4.90 Å². The summed E-state index contributed by atoms with van der Waals surface area (Å²) in [6, 6.07) is 9.99. The van der Waals surface area contributed by atoms with Gasteiger partial charge in [0.25, 0.3) is 5.91 Å². The molecule has 1 amide bonds. The summed E-state index contributed by atoms with van der Waals surface area (Å²) >= 11 is 7.57. The van der Waals surface area contributed by atoms with Crippen LogP contribution in [0.3, 0.4) is 0 Å². The maximum atomic E-state index is 12.5. The normalized spacial score (nSPS) is 16.0. The number of hydrogen-bond donors (Lipinski definition) is 0. The third-order valence-corrected chi connectivity index (χ3v) is 5.25. The quantitative estimate of drug-likeness (QED) is 0.855. The molecule has 0 bridgehead atoms. The molecule has 116 valence electrons. The van der Waals surface area contributed by atoms with Crippen LogP contribution >= 0.6 is 22.9 Å². The number of benzene rings is 1. The Balaban J connectivity index is 1.56. The highest BCUT2D eigenvalue weighted by atomic mass is 35.5. The lowest BCUT2D eigenvalue weighted by molar-refractivity contribution is 0.0632. The number of piperazine rings is 1. The Labute approximate surface area is 140 Å². The van der Waals surface area contributed by atoms with Gasteiger partial charge in [-0.3, -0.25) is 9.69 Å².